The molecule has 0 bridgehead atoms. The van der Waals surface area contributed by atoms with Gasteiger partial charge in [0, 0.05) is 10.7 Å². The number of rotatable bonds is 7. The molecule has 0 aromatic heterocycles. The maximum atomic E-state index is 12.4. The lowest BCUT2D eigenvalue weighted by Gasteiger charge is -2.15. The number of hydrogen-bond acceptors (Lipinski definition) is 6. The average Bonchev–Trinajstić information content (AvgIpc) is 3.02. The fraction of sp³-hybridized carbons (Fsp3) is 0.238. The number of carbonyl (C=O) groups excluding carboxylic acids is 1. The standard InChI is InChI=1S/C21H20ClN3O3S/c1-3-27-18-11-14(4-7-17(18)28-9-8-23)12-19-20(26)25-21(29-19)24-16-6-5-15(22)10-13(16)2/h4-7,10-12,21,24H,3,9H2,1-2H3,(H,25,26)/b19-12-. The van der Waals surface area contributed by atoms with Crippen molar-refractivity contribution in [2.45, 2.75) is 19.3 Å². The number of hydrogen-bond donors (Lipinski definition) is 2. The minimum absolute atomic E-state index is 0.0593. The predicted octanol–water partition coefficient (Wildman–Crippen LogP) is 4.55. The van der Waals surface area contributed by atoms with Crippen LogP contribution in [0, 0.1) is 18.3 Å². The molecule has 2 N–H and O–H groups in total. The highest BCUT2D eigenvalue weighted by atomic mass is 35.5. The van der Waals surface area contributed by atoms with Crippen molar-refractivity contribution in [1.29, 1.82) is 5.26 Å². The Kier molecular flexibility index (Phi) is 6.91. The molecule has 1 fully saturated rings. The zero-order chi connectivity index (χ0) is 20.8. The summed E-state index contributed by atoms with van der Waals surface area (Å²) in [6, 6.07) is 12.8. The molecule has 150 valence electrons. The van der Waals surface area contributed by atoms with E-state index in [1.165, 1.54) is 11.8 Å². The largest absolute Gasteiger partial charge is 0.490 e. The summed E-state index contributed by atoms with van der Waals surface area (Å²) in [6.07, 6.45) is 1.80. The van der Waals surface area contributed by atoms with E-state index in [-0.39, 0.29) is 18.0 Å². The molecule has 0 aliphatic carbocycles. The smallest absolute Gasteiger partial charge is 0.260 e. The molecule has 1 amide bonds. The highest BCUT2D eigenvalue weighted by Gasteiger charge is 2.27. The summed E-state index contributed by atoms with van der Waals surface area (Å²) < 4.78 is 11.0. The summed E-state index contributed by atoms with van der Waals surface area (Å²) in [5.74, 6) is 0.880. The molecule has 1 aliphatic rings. The van der Waals surface area contributed by atoms with Crippen molar-refractivity contribution >= 4 is 41.0 Å². The van der Waals surface area contributed by atoms with Gasteiger partial charge in [-0.2, -0.15) is 5.26 Å². The van der Waals surface area contributed by atoms with Gasteiger partial charge < -0.3 is 20.1 Å². The van der Waals surface area contributed by atoms with E-state index in [1.807, 2.05) is 38.1 Å². The van der Waals surface area contributed by atoms with Gasteiger partial charge in [0.15, 0.2) is 23.6 Å². The van der Waals surface area contributed by atoms with Crippen molar-refractivity contribution in [2.75, 3.05) is 18.5 Å². The van der Waals surface area contributed by atoms with E-state index in [0.29, 0.717) is 28.0 Å². The summed E-state index contributed by atoms with van der Waals surface area (Å²) in [7, 11) is 0. The van der Waals surface area contributed by atoms with Crippen LogP contribution in [-0.4, -0.2) is 24.6 Å². The predicted molar refractivity (Wildman–Crippen MR) is 116 cm³/mol. The monoisotopic (exact) mass is 429 g/mol. The number of thioether (sulfide) groups is 1. The summed E-state index contributed by atoms with van der Waals surface area (Å²) in [6.45, 7) is 4.23. The topological polar surface area (TPSA) is 83.4 Å². The lowest BCUT2D eigenvalue weighted by atomic mass is 10.2. The third-order valence-corrected chi connectivity index (χ3v) is 5.33. The Morgan fingerprint density at radius 3 is 2.83 bits per heavy atom. The van der Waals surface area contributed by atoms with Crippen molar-refractivity contribution in [3.8, 4) is 17.6 Å². The third kappa shape index (κ3) is 5.37. The number of carbonyl (C=O) groups is 1. The van der Waals surface area contributed by atoms with Crippen molar-refractivity contribution in [2.24, 2.45) is 0 Å². The molecular weight excluding hydrogens is 410 g/mol. The number of anilines is 1. The SMILES string of the molecule is CCOc1cc(/C=C2\SC(Nc3ccc(Cl)cc3C)NC2=O)ccc1OCC#N. The molecule has 2 aromatic carbocycles. The van der Waals surface area contributed by atoms with Crippen LogP contribution >= 0.6 is 23.4 Å². The van der Waals surface area contributed by atoms with E-state index in [4.69, 9.17) is 26.3 Å². The molecule has 29 heavy (non-hydrogen) atoms. The van der Waals surface area contributed by atoms with Gasteiger partial charge >= 0.3 is 0 Å². The van der Waals surface area contributed by atoms with Gasteiger partial charge in [0.05, 0.1) is 11.5 Å². The second-order valence-electron chi connectivity index (χ2n) is 6.17. The van der Waals surface area contributed by atoms with E-state index < -0.39 is 0 Å². The molecule has 8 heteroatoms. The molecule has 6 nitrogen and oxygen atoms in total. The number of nitrogens with one attached hydrogen (secondary N) is 2. The first kappa shape index (κ1) is 20.9. The molecule has 3 rings (SSSR count). The Hall–Kier alpha value is -2.82. The van der Waals surface area contributed by atoms with E-state index >= 15 is 0 Å². The van der Waals surface area contributed by atoms with Gasteiger partial charge in [0.25, 0.3) is 5.91 Å². The van der Waals surface area contributed by atoms with Gasteiger partial charge in [-0.15, -0.1) is 0 Å². The molecule has 1 unspecified atom stereocenters. The maximum Gasteiger partial charge on any atom is 0.260 e. The third-order valence-electron chi connectivity index (χ3n) is 4.06. The van der Waals surface area contributed by atoms with E-state index in [0.717, 1.165) is 16.8 Å². The van der Waals surface area contributed by atoms with Gasteiger partial charge in [-0.05, 0) is 61.4 Å². The first-order valence-electron chi connectivity index (χ1n) is 8.98. The summed E-state index contributed by atoms with van der Waals surface area (Å²) in [4.78, 5) is 13.0. The Labute approximate surface area is 178 Å². The van der Waals surface area contributed by atoms with Gasteiger partial charge in [0.2, 0.25) is 0 Å². The van der Waals surface area contributed by atoms with Gasteiger partial charge in [0.1, 0.15) is 6.07 Å². The van der Waals surface area contributed by atoms with Crippen LogP contribution in [0.4, 0.5) is 5.69 Å². The summed E-state index contributed by atoms with van der Waals surface area (Å²) in [5, 5.41) is 15.6. The van der Waals surface area contributed by atoms with Crippen molar-refractivity contribution in [1.82, 2.24) is 5.32 Å². The lowest BCUT2D eigenvalue weighted by Crippen LogP contribution is -2.31. The number of nitriles is 1. The van der Waals surface area contributed by atoms with Crippen LogP contribution in [-0.2, 0) is 4.79 Å². The zero-order valence-corrected chi connectivity index (χ0v) is 17.6. The average molecular weight is 430 g/mol. The van der Waals surface area contributed by atoms with Gasteiger partial charge in [-0.25, -0.2) is 0 Å². The molecule has 0 saturated carbocycles. The maximum absolute atomic E-state index is 12.4. The van der Waals surface area contributed by atoms with Crippen molar-refractivity contribution in [3.05, 3.63) is 57.5 Å². The normalized spacial score (nSPS) is 17.0. The molecule has 1 atom stereocenters. The van der Waals surface area contributed by atoms with Crippen LogP contribution in [0.2, 0.25) is 5.02 Å². The summed E-state index contributed by atoms with van der Waals surface area (Å²) >= 11 is 7.40. The van der Waals surface area contributed by atoms with Crippen molar-refractivity contribution in [3.63, 3.8) is 0 Å². The Morgan fingerprint density at radius 1 is 1.28 bits per heavy atom. The Balaban J connectivity index is 1.75. The van der Waals surface area contributed by atoms with Gasteiger partial charge in [-0.1, -0.05) is 29.4 Å². The second-order valence-corrected chi connectivity index (χ2v) is 7.75. The molecule has 1 saturated heterocycles. The molecular formula is C21H20ClN3O3S. The quantitative estimate of drug-likeness (QED) is 0.628. The van der Waals surface area contributed by atoms with Crippen LogP contribution < -0.4 is 20.1 Å². The van der Waals surface area contributed by atoms with E-state index in [9.17, 15) is 4.79 Å². The number of nitrogens with zero attached hydrogens (tertiary/aromatic N) is 1. The molecule has 0 spiro atoms. The fourth-order valence-electron chi connectivity index (χ4n) is 2.76. The Bertz CT molecular complexity index is 988. The molecule has 0 radical (unpaired) electrons. The summed E-state index contributed by atoms with van der Waals surface area (Å²) in [5.41, 5.74) is 2.43. The minimum atomic E-state index is -0.279. The molecule has 1 heterocycles. The van der Waals surface area contributed by atoms with E-state index in [1.54, 1.807) is 24.3 Å². The van der Waals surface area contributed by atoms with Crippen LogP contribution in [0.25, 0.3) is 6.08 Å². The number of halogens is 1. The van der Waals surface area contributed by atoms with Crippen LogP contribution in [0.3, 0.4) is 0 Å². The first-order chi connectivity index (χ1) is 14.0. The highest BCUT2D eigenvalue weighted by molar-refractivity contribution is 8.05. The molecule has 2 aromatic rings. The van der Waals surface area contributed by atoms with Crippen molar-refractivity contribution < 1.29 is 14.3 Å². The first-order valence-corrected chi connectivity index (χ1v) is 10.2. The zero-order valence-electron chi connectivity index (χ0n) is 16.0. The second kappa shape index (κ2) is 9.59. The van der Waals surface area contributed by atoms with Crippen LogP contribution in [0.15, 0.2) is 41.3 Å². The number of amides is 1. The lowest BCUT2D eigenvalue weighted by molar-refractivity contribution is -0.116. The number of ether oxygens (including phenoxy) is 2. The minimum Gasteiger partial charge on any atom is -0.490 e. The van der Waals surface area contributed by atoms with E-state index in [2.05, 4.69) is 10.6 Å². The van der Waals surface area contributed by atoms with Crippen LogP contribution in [0.1, 0.15) is 18.1 Å². The molecule has 1 aliphatic heterocycles. The fourth-order valence-corrected chi connectivity index (χ4v) is 3.96. The Morgan fingerprint density at radius 2 is 2.10 bits per heavy atom. The number of benzene rings is 2. The van der Waals surface area contributed by atoms with Crippen LogP contribution in [0.5, 0.6) is 11.5 Å². The highest BCUT2D eigenvalue weighted by Crippen LogP contribution is 2.34. The number of aryl methyl sites for hydroxylation is 1. The van der Waals surface area contributed by atoms with Gasteiger partial charge in [-0.3, -0.25) is 4.79 Å².